The Morgan fingerprint density at radius 1 is 1.61 bits per heavy atom. The minimum Gasteiger partial charge on any atom is -0.393 e. The van der Waals surface area contributed by atoms with Gasteiger partial charge in [-0.05, 0) is 0 Å². The number of nitrogens with zero attached hydrogens (tertiary/aromatic N) is 1. The quantitative estimate of drug-likeness (QED) is 0.299. The van der Waals surface area contributed by atoms with Crippen molar-refractivity contribution in [2.45, 2.75) is 24.4 Å². The zero-order valence-electron chi connectivity index (χ0n) is 9.46. The highest BCUT2D eigenvalue weighted by molar-refractivity contribution is 6.01. The number of amides is 1. The van der Waals surface area contributed by atoms with Crippen LogP contribution in [0.5, 0.6) is 0 Å². The number of nitrogens with two attached hydrogens (primary N) is 1. The second kappa shape index (κ2) is 4.98. The van der Waals surface area contributed by atoms with E-state index in [4.69, 9.17) is 10.8 Å². The van der Waals surface area contributed by atoms with Crippen molar-refractivity contribution >= 4 is 17.6 Å². The van der Waals surface area contributed by atoms with E-state index in [1.807, 2.05) is 0 Å². The van der Waals surface area contributed by atoms with Gasteiger partial charge in [-0.25, -0.2) is 4.99 Å². The number of nitrogens with one attached hydrogen (secondary N) is 3. The number of guanidine groups is 1. The van der Waals surface area contributed by atoms with Crippen molar-refractivity contribution in [3.63, 3.8) is 0 Å². The predicted molar refractivity (Wildman–Crippen MR) is 60.4 cm³/mol. The van der Waals surface area contributed by atoms with Crippen molar-refractivity contribution < 1.29 is 19.8 Å². The first-order valence-electron chi connectivity index (χ1n) is 5.49. The zero-order valence-corrected chi connectivity index (χ0v) is 9.46. The number of hydrogen-bond acceptors (Lipinski definition) is 8. The van der Waals surface area contributed by atoms with Gasteiger partial charge in [0.15, 0.2) is 11.7 Å². The van der Waals surface area contributed by atoms with Gasteiger partial charge in [-0.1, -0.05) is 0 Å². The lowest BCUT2D eigenvalue weighted by Crippen LogP contribution is -2.70. The van der Waals surface area contributed by atoms with Gasteiger partial charge in [-0.15, -0.1) is 0 Å². The summed E-state index contributed by atoms with van der Waals surface area (Å²) in [5.41, 5.74) is 5.41. The molecule has 0 aromatic rings. The smallest absolute Gasteiger partial charge is 0.247 e. The number of aliphatic hydroxyl groups excluding tert-OH is 2. The third-order valence-electron chi connectivity index (χ3n) is 2.88. The van der Waals surface area contributed by atoms with Crippen LogP contribution in [-0.4, -0.2) is 65.4 Å². The van der Waals surface area contributed by atoms with Gasteiger partial charge < -0.3 is 15.9 Å². The van der Waals surface area contributed by atoms with Gasteiger partial charge in [0.1, 0.15) is 18.3 Å². The maximum Gasteiger partial charge on any atom is 0.247 e. The topological polar surface area (TPSA) is 149 Å². The molecular weight excluding hydrogens is 242 g/mol. The highest BCUT2D eigenvalue weighted by atomic mass is 16.3. The average Bonchev–Trinajstić information content (AvgIpc) is 2.36. The minimum absolute atomic E-state index is 0.0238. The number of rotatable bonds is 3. The molecule has 0 bridgehead atoms. The fraction of sp³-hybridized carbons (Fsp3) is 0.667. The zero-order chi connectivity index (χ0) is 13.3. The number of piperazine rings is 1. The molecule has 0 aliphatic carbocycles. The van der Waals surface area contributed by atoms with Gasteiger partial charge in [-0.2, -0.15) is 0 Å². The molecule has 0 radical (unpaired) electrons. The Morgan fingerprint density at radius 3 is 3.00 bits per heavy atom. The summed E-state index contributed by atoms with van der Waals surface area (Å²) in [5.74, 6) is -0.939. The number of carbonyl (C=O) groups excluding carboxylic acids is 2. The maximum atomic E-state index is 11.7. The Labute approximate surface area is 102 Å². The molecule has 0 aromatic carbocycles. The van der Waals surface area contributed by atoms with Crippen LogP contribution in [0.3, 0.4) is 0 Å². The lowest BCUT2D eigenvalue weighted by Gasteiger charge is -2.37. The molecule has 9 heteroatoms. The van der Waals surface area contributed by atoms with Crippen molar-refractivity contribution in [1.82, 2.24) is 16.0 Å². The van der Waals surface area contributed by atoms with E-state index in [9.17, 15) is 14.7 Å². The summed E-state index contributed by atoms with van der Waals surface area (Å²) in [4.78, 5) is 27.3. The third-order valence-corrected chi connectivity index (χ3v) is 2.88. The molecule has 2 rings (SSSR count). The second-order valence-corrected chi connectivity index (χ2v) is 4.15. The van der Waals surface area contributed by atoms with E-state index in [0.717, 1.165) is 0 Å². The SMILES string of the molecule is NC1=NC2NCC(C(=O)C(O)CO)NC2C(=O)N1. The van der Waals surface area contributed by atoms with E-state index in [0.29, 0.717) is 0 Å². The maximum absolute atomic E-state index is 11.7. The molecule has 2 heterocycles. The molecule has 1 fully saturated rings. The Balaban J connectivity index is 2.06. The van der Waals surface area contributed by atoms with Gasteiger partial charge in [0.25, 0.3) is 0 Å². The largest absolute Gasteiger partial charge is 0.393 e. The van der Waals surface area contributed by atoms with Crippen LogP contribution in [0.4, 0.5) is 0 Å². The number of fused-ring (bicyclic) bond motifs is 1. The van der Waals surface area contributed by atoms with Crippen LogP contribution in [-0.2, 0) is 9.59 Å². The molecule has 100 valence electrons. The van der Waals surface area contributed by atoms with Crippen LogP contribution in [0, 0.1) is 0 Å². The van der Waals surface area contributed by atoms with Crippen molar-refractivity contribution in [3.8, 4) is 0 Å². The summed E-state index contributed by atoms with van der Waals surface area (Å²) in [6.45, 7) is -0.455. The summed E-state index contributed by atoms with van der Waals surface area (Å²) in [6.07, 6.45) is -1.99. The highest BCUT2D eigenvalue weighted by Crippen LogP contribution is 2.09. The lowest BCUT2D eigenvalue weighted by atomic mass is 10.0. The number of aliphatic hydroxyl groups is 2. The summed E-state index contributed by atoms with van der Waals surface area (Å²) < 4.78 is 0. The first-order chi connectivity index (χ1) is 8.52. The molecule has 1 saturated heterocycles. The molecule has 2 aliphatic rings. The average molecular weight is 257 g/mol. The molecule has 0 aromatic heterocycles. The molecule has 18 heavy (non-hydrogen) atoms. The summed E-state index contributed by atoms with van der Waals surface area (Å²) in [6, 6.07) is -1.49. The van der Waals surface area contributed by atoms with E-state index < -0.39 is 42.7 Å². The second-order valence-electron chi connectivity index (χ2n) is 4.15. The first kappa shape index (κ1) is 12.9. The monoisotopic (exact) mass is 257 g/mol. The summed E-state index contributed by atoms with van der Waals surface area (Å²) in [5, 5.41) is 26.0. The number of hydrogen-bond donors (Lipinski definition) is 6. The molecule has 4 atom stereocenters. The Bertz CT molecular complexity index is 398. The molecule has 1 amide bonds. The number of ketones is 1. The van der Waals surface area contributed by atoms with Crippen LogP contribution >= 0.6 is 0 Å². The Morgan fingerprint density at radius 2 is 2.33 bits per heavy atom. The van der Waals surface area contributed by atoms with Crippen LogP contribution in [0.15, 0.2) is 4.99 Å². The van der Waals surface area contributed by atoms with Crippen molar-refractivity contribution in [2.24, 2.45) is 10.7 Å². The van der Waals surface area contributed by atoms with Gasteiger partial charge in [-0.3, -0.25) is 25.5 Å². The van der Waals surface area contributed by atoms with E-state index in [1.54, 1.807) is 0 Å². The normalized spacial score (nSPS) is 33.1. The predicted octanol–water partition coefficient (Wildman–Crippen LogP) is -4.39. The van der Waals surface area contributed by atoms with E-state index in [1.165, 1.54) is 0 Å². The van der Waals surface area contributed by atoms with E-state index in [2.05, 4.69) is 20.9 Å². The van der Waals surface area contributed by atoms with Gasteiger partial charge in [0, 0.05) is 6.54 Å². The van der Waals surface area contributed by atoms with Gasteiger partial charge >= 0.3 is 0 Å². The Kier molecular flexibility index (Phi) is 3.57. The molecular formula is C9H15N5O4. The van der Waals surface area contributed by atoms with E-state index >= 15 is 0 Å². The summed E-state index contributed by atoms with van der Waals surface area (Å²) >= 11 is 0. The van der Waals surface area contributed by atoms with Crippen LogP contribution < -0.4 is 21.7 Å². The number of Topliss-reactive ketones (excluding diaryl/α,β-unsaturated/α-hetero) is 1. The molecule has 7 N–H and O–H groups in total. The summed E-state index contributed by atoms with van der Waals surface area (Å²) in [7, 11) is 0. The molecule has 0 saturated carbocycles. The van der Waals surface area contributed by atoms with Crippen molar-refractivity contribution in [2.75, 3.05) is 13.2 Å². The van der Waals surface area contributed by atoms with Crippen LogP contribution in [0.1, 0.15) is 0 Å². The third kappa shape index (κ3) is 2.34. The molecule has 0 spiro atoms. The number of carbonyl (C=O) groups is 2. The molecule has 9 nitrogen and oxygen atoms in total. The molecule has 2 aliphatic heterocycles. The van der Waals surface area contributed by atoms with Crippen molar-refractivity contribution in [1.29, 1.82) is 0 Å². The van der Waals surface area contributed by atoms with Crippen LogP contribution in [0.2, 0.25) is 0 Å². The standard InChI is InChI=1S/C9H15N5O4/c10-9-13-7-5(8(18)14-9)12-3(1-11-7)6(17)4(16)2-15/h3-5,7,11-12,15-16H,1-2H2,(H3,10,13,14,18). The fourth-order valence-corrected chi connectivity index (χ4v) is 1.95. The highest BCUT2D eigenvalue weighted by Gasteiger charge is 2.40. The molecule has 4 unspecified atom stereocenters. The van der Waals surface area contributed by atoms with E-state index in [-0.39, 0.29) is 12.5 Å². The van der Waals surface area contributed by atoms with Gasteiger partial charge in [0.2, 0.25) is 5.91 Å². The lowest BCUT2D eigenvalue weighted by molar-refractivity contribution is -0.133. The Hall–Kier alpha value is -1.55. The number of aliphatic imine (C=N–C) groups is 1. The minimum atomic E-state index is -1.46. The van der Waals surface area contributed by atoms with Crippen molar-refractivity contribution in [3.05, 3.63) is 0 Å². The fourth-order valence-electron chi connectivity index (χ4n) is 1.95. The van der Waals surface area contributed by atoms with Gasteiger partial charge in [0.05, 0.1) is 12.6 Å². The van der Waals surface area contributed by atoms with Crippen LogP contribution in [0.25, 0.3) is 0 Å². The first-order valence-corrected chi connectivity index (χ1v) is 5.49.